The van der Waals surface area contributed by atoms with Crippen molar-refractivity contribution in [1.82, 2.24) is 5.32 Å². The summed E-state index contributed by atoms with van der Waals surface area (Å²) in [7, 11) is -2.46. The second-order valence-electron chi connectivity index (χ2n) is 5.62. The second kappa shape index (κ2) is 7.96. The van der Waals surface area contributed by atoms with Crippen LogP contribution in [-0.4, -0.2) is 38.6 Å². The summed E-state index contributed by atoms with van der Waals surface area (Å²) >= 11 is 0. The van der Waals surface area contributed by atoms with Crippen LogP contribution >= 0.6 is 0 Å². The lowest BCUT2D eigenvalue weighted by atomic mass is 10.1. The molecule has 0 unspecified atom stereocenters. The number of nitro benzene ring substituents is 1. The molecule has 2 aromatic rings. The van der Waals surface area contributed by atoms with E-state index in [0.29, 0.717) is 11.1 Å². The molecule has 0 saturated heterocycles. The maximum atomic E-state index is 12.3. The van der Waals surface area contributed by atoms with E-state index in [-0.39, 0.29) is 17.0 Å². The number of rotatable bonds is 6. The molecule has 0 saturated carbocycles. The number of nitrogens with one attached hydrogen (secondary N) is 1. The van der Waals surface area contributed by atoms with Gasteiger partial charge in [0, 0.05) is 30.5 Å². The van der Waals surface area contributed by atoms with E-state index in [1.807, 2.05) is 0 Å². The third kappa shape index (κ3) is 5.11. The van der Waals surface area contributed by atoms with E-state index in [2.05, 4.69) is 10.1 Å². The molecule has 0 aromatic heterocycles. The number of carbonyl (C=O) groups excluding carboxylic acids is 2. The zero-order valence-corrected chi connectivity index (χ0v) is 15.3. The van der Waals surface area contributed by atoms with Gasteiger partial charge in [0.15, 0.2) is 9.84 Å². The zero-order valence-electron chi connectivity index (χ0n) is 14.5. The van der Waals surface area contributed by atoms with Crippen molar-refractivity contribution in [2.75, 3.05) is 13.4 Å². The molecule has 0 bridgehead atoms. The number of methoxy groups -OCH3 is 1. The lowest BCUT2D eigenvalue weighted by Gasteiger charge is -2.08. The highest BCUT2D eigenvalue weighted by Gasteiger charge is 2.19. The van der Waals surface area contributed by atoms with Crippen LogP contribution in [0.1, 0.15) is 26.3 Å². The van der Waals surface area contributed by atoms with Crippen molar-refractivity contribution < 1.29 is 27.7 Å². The van der Waals surface area contributed by atoms with Crippen molar-refractivity contribution in [2.45, 2.75) is 11.4 Å². The summed E-state index contributed by atoms with van der Waals surface area (Å²) in [4.78, 5) is 33.6. The Hall–Kier alpha value is -3.27. The Bertz CT molecular complexity index is 998. The topological polar surface area (TPSA) is 133 Å². The number of nitro groups is 1. The van der Waals surface area contributed by atoms with Gasteiger partial charge in [0.25, 0.3) is 11.6 Å². The van der Waals surface area contributed by atoms with Crippen molar-refractivity contribution in [3.8, 4) is 0 Å². The van der Waals surface area contributed by atoms with Gasteiger partial charge in [0.1, 0.15) is 0 Å². The average molecular weight is 392 g/mol. The van der Waals surface area contributed by atoms with Crippen LogP contribution in [0.25, 0.3) is 0 Å². The SMILES string of the molecule is COC(=O)c1ccc(CNC(=O)c2cc([N+](=O)[O-])cc(S(C)(=O)=O)c2)cc1. The molecule has 0 aliphatic rings. The van der Waals surface area contributed by atoms with Gasteiger partial charge in [-0.3, -0.25) is 14.9 Å². The van der Waals surface area contributed by atoms with Crippen LogP contribution in [0.3, 0.4) is 0 Å². The number of nitrogens with zero attached hydrogens (tertiary/aromatic N) is 1. The molecule has 0 aliphatic heterocycles. The standard InChI is InChI=1S/C17H16N2O7S/c1-26-17(21)12-5-3-11(4-6-12)10-18-16(20)13-7-14(19(22)23)9-15(8-13)27(2,24)25/h3-9H,10H2,1-2H3,(H,18,20). The fourth-order valence-electron chi connectivity index (χ4n) is 2.19. The molecule has 2 aromatic carbocycles. The van der Waals surface area contributed by atoms with E-state index in [1.54, 1.807) is 12.1 Å². The lowest BCUT2D eigenvalue weighted by Crippen LogP contribution is -2.23. The maximum absolute atomic E-state index is 12.3. The molecule has 0 fully saturated rings. The van der Waals surface area contributed by atoms with Crippen LogP contribution in [0.4, 0.5) is 5.69 Å². The first-order valence-corrected chi connectivity index (χ1v) is 9.46. The predicted octanol–water partition coefficient (Wildman–Crippen LogP) is 1.71. The molecule has 142 valence electrons. The van der Waals surface area contributed by atoms with Gasteiger partial charge < -0.3 is 10.1 Å². The minimum Gasteiger partial charge on any atom is -0.465 e. The summed E-state index contributed by atoms with van der Waals surface area (Å²) in [5.41, 5.74) is 0.384. The number of non-ortho nitro benzene ring substituents is 1. The van der Waals surface area contributed by atoms with Gasteiger partial charge in [-0.1, -0.05) is 12.1 Å². The summed E-state index contributed by atoms with van der Waals surface area (Å²) < 4.78 is 28.0. The van der Waals surface area contributed by atoms with Gasteiger partial charge in [-0.05, 0) is 23.8 Å². The third-order valence-corrected chi connectivity index (χ3v) is 4.71. The Kier molecular flexibility index (Phi) is 5.91. The van der Waals surface area contributed by atoms with Gasteiger partial charge in [-0.25, -0.2) is 13.2 Å². The Morgan fingerprint density at radius 1 is 1.11 bits per heavy atom. The highest BCUT2D eigenvalue weighted by Crippen LogP contribution is 2.21. The van der Waals surface area contributed by atoms with Crippen LogP contribution in [0.2, 0.25) is 0 Å². The predicted molar refractivity (Wildman–Crippen MR) is 95.2 cm³/mol. The quantitative estimate of drug-likeness (QED) is 0.449. The summed E-state index contributed by atoms with van der Waals surface area (Å²) in [6.07, 6.45) is 0.899. The molecule has 10 heteroatoms. The number of ether oxygens (including phenoxy) is 1. The molecule has 1 N–H and O–H groups in total. The molecule has 0 heterocycles. The molecule has 2 rings (SSSR count). The summed E-state index contributed by atoms with van der Waals surface area (Å²) in [5, 5.41) is 13.5. The van der Waals surface area contributed by atoms with Crippen LogP contribution in [-0.2, 0) is 21.1 Å². The lowest BCUT2D eigenvalue weighted by molar-refractivity contribution is -0.385. The molecular weight excluding hydrogens is 376 g/mol. The Morgan fingerprint density at radius 3 is 2.26 bits per heavy atom. The number of carbonyl (C=O) groups is 2. The number of hydrogen-bond donors (Lipinski definition) is 1. The van der Waals surface area contributed by atoms with Crippen molar-refractivity contribution in [1.29, 1.82) is 0 Å². The van der Waals surface area contributed by atoms with Crippen molar-refractivity contribution >= 4 is 27.4 Å². The second-order valence-corrected chi connectivity index (χ2v) is 7.63. The van der Waals surface area contributed by atoms with E-state index >= 15 is 0 Å². The van der Waals surface area contributed by atoms with E-state index < -0.39 is 32.3 Å². The van der Waals surface area contributed by atoms with Crippen molar-refractivity contribution in [3.05, 3.63) is 69.3 Å². The van der Waals surface area contributed by atoms with Gasteiger partial charge in [-0.2, -0.15) is 0 Å². The smallest absolute Gasteiger partial charge is 0.337 e. The first-order valence-electron chi connectivity index (χ1n) is 7.57. The monoisotopic (exact) mass is 392 g/mol. The van der Waals surface area contributed by atoms with E-state index in [0.717, 1.165) is 24.5 Å². The van der Waals surface area contributed by atoms with Crippen molar-refractivity contribution in [3.63, 3.8) is 0 Å². The third-order valence-electron chi connectivity index (χ3n) is 3.62. The van der Waals surface area contributed by atoms with Crippen LogP contribution < -0.4 is 5.32 Å². The van der Waals surface area contributed by atoms with Crippen LogP contribution in [0, 0.1) is 10.1 Å². The molecule has 1 amide bonds. The molecular formula is C17H16N2O7S. The minimum absolute atomic E-state index is 0.0805. The van der Waals surface area contributed by atoms with E-state index in [4.69, 9.17) is 0 Å². The number of benzene rings is 2. The van der Waals surface area contributed by atoms with Gasteiger partial charge in [-0.15, -0.1) is 0 Å². The molecule has 0 aliphatic carbocycles. The summed E-state index contributed by atoms with van der Waals surface area (Å²) in [6, 6.07) is 9.27. The minimum atomic E-state index is -3.73. The molecule has 0 spiro atoms. The van der Waals surface area contributed by atoms with Crippen LogP contribution in [0.5, 0.6) is 0 Å². The largest absolute Gasteiger partial charge is 0.465 e. The van der Waals surface area contributed by atoms with Gasteiger partial charge in [0.2, 0.25) is 0 Å². The average Bonchev–Trinajstić information content (AvgIpc) is 2.64. The van der Waals surface area contributed by atoms with Gasteiger partial charge in [0.05, 0.1) is 22.5 Å². The molecule has 0 atom stereocenters. The summed E-state index contributed by atoms with van der Waals surface area (Å²) in [6.45, 7) is 0.0805. The van der Waals surface area contributed by atoms with Crippen LogP contribution in [0.15, 0.2) is 47.4 Å². The number of esters is 1. The normalized spacial score (nSPS) is 10.9. The van der Waals surface area contributed by atoms with E-state index in [1.165, 1.54) is 19.2 Å². The Balaban J connectivity index is 2.19. The maximum Gasteiger partial charge on any atom is 0.337 e. The van der Waals surface area contributed by atoms with E-state index in [9.17, 15) is 28.1 Å². The zero-order chi connectivity index (χ0) is 20.2. The number of amides is 1. The highest BCUT2D eigenvalue weighted by atomic mass is 32.2. The molecule has 27 heavy (non-hydrogen) atoms. The number of hydrogen-bond acceptors (Lipinski definition) is 7. The first kappa shape index (κ1) is 20.0. The molecule has 0 radical (unpaired) electrons. The fourth-order valence-corrected chi connectivity index (χ4v) is 2.87. The van der Waals surface area contributed by atoms with Gasteiger partial charge >= 0.3 is 5.97 Å². The Morgan fingerprint density at radius 2 is 1.74 bits per heavy atom. The van der Waals surface area contributed by atoms with Crippen molar-refractivity contribution in [2.24, 2.45) is 0 Å². The highest BCUT2D eigenvalue weighted by molar-refractivity contribution is 7.90. The summed E-state index contributed by atoms with van der Waals surface area (Å²) in [5.74, 6) is -1.16. The fraction of sp³-hybridized carbons (Fsp3) is 0.176. The Labute approximate surface area is 155 Å². The first-order chi connectivity index (χ1) is 12.6. The number of sulfone groups is 1. The molecule has 9 nitrogen and oxygen atoms in total.